The largest absolute Gasteiger partial charge is 0.339 e. The molecule has 0 spiro atoms. The van der Waals surface area contributed by atoms with Gasteiger partial charge in [0, 0.05) is 28.9 Å². The van der Waals surface area contributed by atoms with Crippen LogP contribution in [0, 0.1) is 5.92 Å². The van der Waals surface area contributed by atoms with Crippen LogP contribution in [0.2, 0.25) is 10.0 Å². The Hall–Kier alpha value is -2.14. The van der Waals surface area contributed by atoms with Crippen molar-refractivity contribution in [2.45, 2.75) is 44.6 Å². The van der Waals surface area contributed by atoms with Gasteiger partial charge in [-0.3, -0.25) is 0 Å². The molecule has 6 heteroatoms. The van der Waals surface area contributed by atoms with Crippen LogP contribution in [0.25, 0.3) is 0 Å². The molecule has 0 radical (unpaired) electrons. The molecule has 0 N–H and O–H groups in total. The summed E-state index contributed by atoms with van der Waals surface area (Å²) in [4.78, 5) is 6.89. The van der Waals surface area contributed by atoms with Gasteiger partial charge in [0.05, 0.1) is 0 Å². The second kappa shape index (κ2) is 10.7. The second-order valence-electron chi connectivity index (χ2n) is 8.77. The fraction of sp³-hybridized carbons (Fsp3) is 0.385. The van der Waals surface area contributed by atoms with E-state index >= 15 is 0 Å². The highest BCUT2D eigenvalue weighted by Crippen LogP contribution is 2.39. The molecule has 1 unspecified atom stereocenters. The third kappa shape index (κ3) is 6.00. The van der Waals surface area contributed by atoms with Gasteiger partial charge in [-0.25, -0.2) is 0 Å². The monoisotopic (exact) mass is 469 g/mol. The van der Waals surface area contributed by atoms with Crippen molar-refractivity contribution >= 4 is 23.2 Å². The van der Waals surface area contributed by atoms with Gasteiger partial charge < -0.3 is 9.42 Å². The summed E-state index contributed by atoms with van der Waals surface area (Å²) < 4.78 is 5.46. The van der Waals surface area contributed by atoms with E-state index in [1.165, 1.54) is 24.0 Å². The van der Waals surface area contributed by atoms with Crippen molar-refractivity contribution in [2.75, 3.05) is 14.1 Å². The van der Waals surface area contributed by atoms with E-state index in [2.05, 4.69) is 47.3 Å². The predicted octanol–water partition coefficient (Wildman–Crippen LogP) is 6.93. The van der Waals surface area contributed by atoms with E-state index in [1.54, 1.807) is 0 Å². The van der Waals surface area contributed by atoms with Gasteiger partial charge in [0.25, 0.3) is 0 Å². The zero-order chi connectivity index (χ0) is 22.5. The highest BCUT2D eigenvalue weighted by atomic mass is 35.5. The molecule has 1 aromatic heterocycles. The molecule has 1 aliphatic rings. The average molecular weight is 470 g/mol. The summed E-state index contributed by atoms with van der Waals surface area (Å²) in [6.45, 7) is 0. The van der Waals surface area contributed by atoms with E-state index in [-0.39, 0.29) is 0 Å². The molecular weight excluding hydrogens is 441 g/mol. The van der Waals surface area contributed by atoms with E-state index in [0.717, 1.165) is 28.5 Å². The van der Waals surface area contributed by atoms with E-state index in [1.807, 2.05) is 36.4 Å². The van der Waals surface area contributed by atoms with Crippen molar-refractivity contribution in [3.05, 3.63) is 93.1 Å². The van der Waals surface area contributed by atoms with Gasteiger partial charge in [-0.2, -0.15) is 4.98 Å². The van der Waals surface area contributed by atoms with Gasteiger partial charge in [-0.05, 0) is 81.1 Å². The Morgan fingerprint density at radius 3 is 2.25 bits per heavy atom. The number of hydrogen-bond acceptors (Lipinski definition) is 4. The molecule has 168 valence electrons. The topological polar surface area (TPSA) is 42.2 Å². The molecule has 1 aliphatic carbocycles. The van der Waals surface area contributed by atoms with Crippen LogP contribution in [0.1, 0.15) is 54.6 Å². The van der Waals surface area contributed by atoms with Gasteiger partial charge in [-0.15, -0.1) is 0 Å². The smallest absolute Gasteiger partial charge is 0.230 e. The predicted molar refractivity (Wildman–Crippen MR) is 130 cm³/mol. The first-order valence-corrected chi connectivity index (χ1v) is 11.9. The van der Waals surface area contributed by atoms with Crippen LogP contribution in [-0.4, -0.2) is 29.1 Å². The van der Waals surface area contributed by atoms with Crippen LogP contribution in [0.5, 0.6) is 0 Å². The lowest BCUT2D eigenvalue weighted by atomic mass is 9.78. The molecule has 32 heavy (non-hydrogen) atoms. The molecular formula is C26H29Cl2N3O. The quantitative estimate of drug-likeness (QED) is 0.351. The van der Waals surface area contributed by atoms with Crippen molar-refractivity contribution in [1.82, 2.24) is 15.0 Å². The highest BCUT2D eigenvalue weighted by molar-refractivity contribution is 6.30. The van der Waals surface area contributed by atoms with Gasteiger partial charge in [0.2, 0.25) is 5.89 Å². The summed E-state index contributed by atoms with van der Waals surface area (Å²) in [5, 5.41) is 5.65. The van der Waals surface area contributed by atoms with Crippen molar-refractivity contribution in [1.29, 1.82) is 0 Å². The minimum absolute atomic E-state index is 0.417. The normalized spacial score (nSPS) is 17.5. The Bertz CT molecular complexity index is 1030. The standard InChI is InChI=1S/C26H29Cl2N3O/c1-31(2)26(21-10-14-23(28)15-11-21)20-8-3-18(4-9-20)7-16-25-29-24(30-32-25)17-19-5-12-22(27)13-6-19/h5-7,10-15,20,26H,3-4,8-9,16-17H2,1-2H3. The Balaban J connectivity index is 1.32. The Labute approximate surface area is 200 Å². The number of hydrogen-bond donors (Lipinski definition) is 0. The van der Waals surface area contributed by atoms with Crippen molar-refractivity contribution in [3.63, 3.8) is 0 Å². The highest BCUT2D eigenvalue weighted by Gasteiger charge is 2.28. The fourth-order valence-corrected chi connectivity index (χ4v) is 4.90. The third-order valence-corrected chi connectivity index (χ3v) is 6.74. The molecule has 4 rings (SSSR count). The number of aromatic nitrogens is 2. The van der Waals surface area contributed by atoms with E-state index in [4.69, 9.17) is 27.7 Å². The lowest BCUT2D eigenvalue weighted by Crippen LogP contribution is -2.29. The van der Waals surface area contributed by atoms with Crippen LogP contribution in [-0.2, 0) is 12.8 Å². The third-order valence-electron chi connectivity index (χ3n) is 6.24. The first kappa shape index (κ1) is 23.0. The molecule has 1 atom stereocenters. The maximum absolute atomic E-state index is 6.09. The molecule has 0 saturated heterocycles. The average Bonchev–Trinajstić information content (AvgIpc) is 3.23. The van der Waals surface area contributed by atoms with Crippen LogP contribution in [0.3, 0.4) is 0 Å². The van der Waals surface area contributed by atoms with Crippen molar-refractivity contribution < 1.29 is 4.52 Å². The minimum Gasteiger partial charge on any atom is -0.339 e. The van der Waals surface area contributed by atoms with Gasteiger partial charge >= 0.3 is 0 Å². The Morgan fingerprint density at radius 1 is 1.00 bits per heavy atom. The van der Waals surface area contributed by atoms with E-state index in [0.29, 0.717) is 36.5 Å². The van der Waals surface area contributed by atoms with E-state index in [9.17, 15) is 0 Å². The molecule has 1 saturated carbocycles. The number of nitrogens with zero attached hydrogens (tertiary/aromatic N) is 3. The summed E-state index contributed by atoms with van der Waals surface area (Å²) in [6.07, 6.45) is 8.23. The van der Waals surface area contributed by atoms with Crippen LogP contribution in [0.15, 0.2) is 64.7 Å². The van der Waals surface area contributed by atoms with E-state index < -0.39 is 0 Å². The lowest BCUT2D eigenvalue weighted by molar-refractivity contribution is 0.183. The fourth-order valence-electron chi connectivity index (χ4n) is 4.64. The molecule has 0 amide bonds. The summed E-state index contributed by atoms with van der Waals surface area (Å²) in [7, 11) is 4.34. The molecule has 0 bridgehead atoms. The van der Waals surface area contributed by atoms with Gasteiger partial charge in [0.15, 0.2) is 5.82 Å². The number of benzene rings is 2. The summed E-state index contributed by atoms with van der Waals surface area (Å²) in [5.74, 6) is 2.02. The first-order valence-electron chi connectivity index (χ1n) is 11.1. The van der Waals surface area contributed by atoms with Crippen LogP contribution < -0.4 is 0 Å². The summed E-state index contributed by atoms with van der Waals surface area (Å²) in [6, 6.07) is 16.5. The van der Waals surface area contributed by atoms with Gasteiger partial charge in [0.1, 0.15) is 0 Å². The minimum atomic E-state index is 0.417. The molecule has 3 aromatic rings. The molecule has 2 aromatic carbocycles. The summed E-state index contributed by atoms with van der Waals surface area (Å²) in [5.41, 5.74) is 3.96. The first-order chi connectivity index (χ1) is 15.5. The second-order valence-corrected chi connectivity index (χ2v) is 9.64. The maximum atomic E-state index is 6.09. The van der Waals surface area contributed by atoms with Crippen molar-refractivity contribution in [3.8, 4) is 0 Å². The maximum Gasteiger partial charge on any atom is 0.230 e. The lowest BCUT2D eigenvalue weighted by Gasteiger charge is -2.36. The summed E-state index contributed by atoms with van der Waals surface area (Å²) >= 11 is 12.0. The van der Waals surface area contributed by atoms with Crippen LogP contribution >= 0.6 is 23.2 Å². The Morgan fingerprint density at radius 2 is 1.62 bits per heavy atom. The van der Waals surface area contributed by atoms with Crippen LogP contribution in [0.4, 0.5) is 0 Å². The molecule has 0 aliphatic heterocycles. The zero-order valence-corrected chi connectivity index (χ0v) is 20.1. The molecule has 1 fully saturated rings. The van der Waals surface area contributed by atoms with Gasteiger partial charge in [-0.1, -0.05) is 64.3 Å². The zero-order valence-electron chi connectivity index (χ0n) is 18.6. The Kier molecular flexibility index (Phi) is 7.67. The van der Waals surface area contributed by atoms with Crippen molar-refractivity contribution in [2.24, 2.45) is 5.92 Å². The molecule has 4 nitrogen and oxygen atoms in total. The molecule has 1 heterocycles. The number of halogens is 2. The number of allylic oxidation sites excluding steroid dienone is 2. The number of rotatable bonds is 7. The SMILES string of the molecule is CN(C)C(c1ccc(Cl)cc1)C1CCC(=CCc2nc(Cc3ccc(Cl)cc3)no2)CC1.